The van der Waals surface area contributed by atoms with E-state index in [4.69, 9.17) is 14.8 Å². The number of hydrogen-bond acceptors (Lipinski definition) is 4. The Bertz CT molecular complexity index is 451. The van der Waals surface area contributed by atoms with E-state index in [9.17, 15) is 4.79 Å². The van der Waals surface area contributed by atoms with Crippen molar-refractivity contribution in [3.8, 4) is 0 Å². The Kier molecular flexibility index (Phi) is 5.19. The van der Waals surface area contributed by atoms with Gasteiger partial charge in [0.2, 0.25) is 0 Å². The maximum Gasteiger partial charge on any atom is 0.488 e. The number of anilines is 1. The lowest BCUT2D eigenvalue weighted by atomic mass is 9.80. The van der Waals surface area contributed by atoms with Crippen molar-refractivity contribution in [3.63, 3.8) is 0 Å². The molecule has 2 N–H and O–H groups in total. The number of benzene rings is 1. The van der Waals surface area contributed by atoms with E-state index in [0.29, 0.717) is 11.2 Å². The largest absolute Gasteiger partial charge is 0.488 e. The van der Waals surface area contributed by atoms with Crippen LogP contribution >= 0.6 is 0 Å². The zero-order chi connectivity index (χ0) is 15.5. The first-order valence-electron chi connectivity index (χ1n) is 6.60. The minimum absolute atomic E-state index is 0.0743. The van der Waals surface area contributed by atoms with Gasteiger partial charge in [0.15, 0.2) is 0 Å². The first kappa shape index (κ1) is 16.5. The summed E-state index contributed by atoms with van der Waals surface area (Å²) in [5.41, 5.74) is 0.464. The van der Waals surface area contributed by atoms with Crippen molar-refractivity contribution in [2.75, 3.05) is 4.90 Å². The van der Waals surface area contributed by atoms with Crippen LogP contribution in [0.5, 0.6) is 0 Å². The predicted octanol–water partition coefficient (Wildman–Crippen LogP) is 1.52. The molecule has 0 saturated carbocycles. The molecular formula is C14H22BNO4. The second-order valence-electron chi connectivity index (χ2n) is 5.91. The van der Waals surface area contributed by atoms with Crippen molar-refractivity contribution in [2.45, 2.75) is 46.3 Å². The molecule has 0 radical (unpaired) electrons. The Morgan fingerprint density at radius 1 is 1.20 bits per heavy atom. The Balaban J connectivity index is 2.99. The maximum absolute atomic E-state index is 12.2. The van der Waals surface area contributed by atoms with Crippen LogP contribution in [0.4, 0.5) is 10.5 Å². The number of hydrogen-bond donors (Lipinski definition) is 2. The lowest BCUT2D eigenvalue weighted by Gasteiger charge is -2.30. The SMILES string of the molecule is CC(C)N(C(=O)OC(C)(C)C)c1ccc(B(O)O)cc1. The normalized spacial score (nSPS) is 11.4. The number of nitrogens with zero attached hydrogens (tertiary/aromatic N) is 1. The summed E-state index contributed by atoms with van der Waals surface area (Å²) in [7, 11) is -1.52. The molecule has 0 aliphatic carbocycles. The van der Waals surface area contributed by atoms with Crippen molar-refractivity contribution in [3.05, 3.63) is 24.3 Å². The van der Waals surface area contributed by atoms with E-state index in [2.05, 4.69) is 0 Å². The third-order valence-electron chi connectivity index (χ3n) is 2.58. The molecule has 0 aliphatic rings. The van der Waals surface area contributed by atoms with Crippen molar-refractivity contribution in [2.24, 2.45) is 0 Å². The average molecular weight is 279 g/mol. The first-order chi connectivity index (χ1) is 9.11. The Morgan fingerprint density at radius 2 is 1.70 bits per heavy atom. The highest BCUT2D eigenvalue weighted by Crippen LogP contribution is 2.20. The van der Waals surface area contributed by atoms with Gasteiger partial charge in [0.1, 0.15) is 5.60 Å². The van der Waals surface area contributed by atoms with Gasteiger partial charge in [-0.1, -0.05) is 12.1 Å². The van der Waals surface area contributed by atoms with E-state index < -0.39 is 18.8 Å². The number of ether oxygens (including phenoxy) is 1. The van der Waals surface area contributed by atoms with E-state index >= 15 is 0 Å². The minimum Gasteiger partial charge on any atom is -0.443 e. The standard InChI is InChI=1S/C14H22BNO4/c1-10(2)16(13(17)20-14(3,4)5)12-8-6-11(7-9-12)15(18)19/h6-10,18-19H,1-5H3. The second kappa shape index (κ2) is 6.28. The molecule has 0 fully saturated rings. The fourth-order valence-electron chi connectivity index (χ4n) is 1.73. The maximum atomic E-state index is 12.2. The molecule has 0 spiro atoms. The van der Waals surface area contributed by atoms with Gasteiger partial charge < -0.3 is 14.8 Å². The molecule has 0 aliphatic heterocycles. The highest BCUT2D eigenvalue weighted by atomic mass is 16.6. The van der Waals surface area contributed by atoms with Crippen LogP contribution in [-0.2, 0) is 4.74 Å². The van der Waals surface area contributed by atoms with Crippen molar-refractivity contribution < 1.29 is 19.6 Å². The molecule has 6 heteroatoms. The van der Waals surface area contributed by atoms with Gasteiger partial charge >= 0.3 is 13.2 Å². The Hall–Kier alpha value is -1.53. The fraction of sp³-hybridized carbons (Fsp3) is 0.500. The van der Waals surface area contributed by atoms with Crippen LogP contribution in [0.25, 0.3) is 0 Å². The van der Waals surface area contributed by atoms with Gasteiger partial charge in [-0.15, -0.1) is 0 Å². The summed E-state index contributed by atoms with van der Waals surface area (Å²) in [5, 5.41) is 18.1. The molecule has 0 aromatic heterocycles. The molecule has 0 bridgehead atoms. The van der Waals surface area contributed by atoms with Crippen LogP contribution < -0.4 is 10.4 Å². The van der Waals surface area contributed by atoms with Crippen LogP contribution in [0.1, 0.15) is 34.6 Å². The minimum atomic E-state index is -1.52. The average Bonchev–Trinajstić information content (AvgIpc) is 2.26. The topological polar surface area (TPSA) is 70.0 Å². The van der Waals surface area contributed by atoms with Gasteiger partial charge in [-0.25, -0.2) is 4.79 Å². The van der Waals surface area contributed by atoms with Gasteiger partial charge in [-0.2, -0.15) is 0 Å². The zero-order valence-corrected chi connectivity index (χ0v) is 12.6. The van der Waals surface area contributed by atoms with Gasteiger partial charge in [-0.05, 0) is 52.2 Å². The van der Waals surface area contributed by atoms with Crippen LogP contribution in [0, 0.1) is 0 Å². The number of rotatable bonds is 3. The lowest BCUT2D eigenvalue weighted by Crippen LogP contribution is -2.41. The van der Waals surface area contributed by atoms with E-state index in [1.54, 1.807) is 24.3 Å². The van der Waals surface area contributed by atoms with Crippen LogP contribution in [0.15, 0.2) is 24.3 Å². The summed E-state index contributed by atoms with van der Waals surface area (Å²) in [6.45, 7) is 9.22. The summed E-state index contributed by atoms with van der Waals surface area (Å²) in [4.78, 5) is 13.8. The van der Waals surface area contributed by atoms with Gasteiger partial charge in [-0.3, -0.25) is 4.90 Å². The molecule has 0 heterocycles. The number of carbonyl (C=O) groups is 1. The van der Waals surface area contributed by atoms with Crippen LogP contribution in [-0.4, -0.2) is 34.9 Å². The fourth-order valence-corrected chi connectivity index (χ4v) is 1.73. The molecule has 1 aromatic carbocycles. The van der Waals surface area contributed by atoms with Gasteiger partial charge in [0.05, 0.1) is 0 Å². The van der Waals surface area contributed by atoms with Crippen molar-refractivity contribution >= 4 is 24.4 Å². The number of amides is 1. The molecule has 5 nitrogen and oxygen atoms in total. The molecule has 0 atom stereocenters. The quantitative estimate of drug-likeness (QED) is 0.823. The van der Waals surface area contributed by atoms with E-state index in [1.807, 2.05) is 34.6 Å². The van der Waals surface area contributed by atoms with E-state index in [1.165, 1.54) is 4.90 Å². The van der Waals surface area contributed by atoms with Crippen molar-refractivity contribution in [1.82, 2.24) is 0 Å². The number of carbonyl (C=O) groups excluding carboxylic acids is 1. The summed E-state index contributed by atoms with van der Waals surface area (Å²) in [6.07, 6.45) is -0.426. The molecule has 1 aromatic rings. The van der Waals surface area contributed by atoms with E-state index in [0.717, 1.165) is 0 Å². The Labute approximate surface area is 120 Å². The van der Waals surface area contributed by atoms with Crippen LogP contribution in [0.2, 0.25) is 0 Å². The van der Waals surface area contributed by atoms with Gasteiger partial charge in [0.25, 0.3) is 0 Å². The highest BCUT2D eigenvalue weighted by molar-refractivity contribution is 6.58. The third kappa shape index (κ3) is 4.54. The third-order valence-corrected chi connectivity index (χ3v) is 2.58. The smallest absolute Gasteiger partial charge is 0.443 e. The van der Waals surface area contributed by atoms with Crippen LogP contribution in [0.3, 0.4) is 0 Å². The highest BCUT2D eigenvalue weighted by Gasteiger charge is 2.25. The molecule has 1 amide bonds. The first-order valence-corrected chi connectivity index (χ1v) is 6.60. The summed E-state index contributed by atoms with van der Waals surface area (Å²) in [5.74, 6) is 0. The molecular weight excluding hydrogens is 257 g/mol. The summed E-state index contributed by atoms with van der Waals surface area (Å²) < 4.78 is 5.38. The molecule has 110 valence electrons. The molecule has 20 heavy (non-hydrogen) atoms. The summed E-state index contributed by atoms with van der Waals surface area (Å²) >= 11 is 0. The lowest BCUT2D eigenvalue weighted by molar-refractivity contribution is 0.0570. The van der Waals surface area contributed by atoms with E-state index in [-0.39, 0.29) is 6.04 Å². The zero-order valence-electron chi connectivity index (χ0n) is 12.6. The summed E-state index contributed by atoms with van der Waals surface area (Å²) in [6, 6.07) is 6.39. The predicted molar refractivity (Wildman–Crippen MR) is 80.1 cm³/mol. The second-order valence-corrected chi connectivity index (χ2v) is 5.91. The van der Waals surface area contributed by atoms with Crippen molar-refractivity contribution in [1.29, 1.82) is 0 Å². The Morgan fingerprint density at radius 3 is 2.05 bits per heavy atom. The van der Waals surface area contributed by atoms with Gasteiger partial charge in [0, 0.05) is 11.7 Å². The molecule has 0 unspecified atom stereocenters. The molecule has 1 rings (SSSR count). The molecule has 0 saturated heterocycles. The monoisotopic (exact) mass is 279 g/mol.